The molecule has 1 aliphatic heterocycles. The van der Waals surface area contributed by atoms with Crippen LogP contribution in [0.5, 0.6) is 5.75 Å². The maximum Gasteiger partial charge on any atom is 0.246 e. The second-order valence-electron chi connectivity index (χ2n) is 8.32. The van der Waals surface area contributed by atoms with Crippen LogP contribution >= 0.6 is 11.6 Å². The Morgan fingerprint density at radius 1 is 1.20 bits per heavy atom. The fourth-order valence-corrected chi connectivity index (χ4v) is 5.66. The third-order valence-corrected chi connectivity index (χ3v) is 7.96. The third-order valence-electron chi connectivity index (χ3n) is 5.83. The molecule has 0 N–H and O–H groups in total. The molecule has 1 atom stereocenters. The first kappa shape index (κ1) is 25.2. The van der Waals surface area contributed by atoms with Gasteiger partial charge in [-0.1, -0.05) is 16.8 Å². The van der Waals surface area contributed by atoms with Gasteiger partial charge in [-0.3, -0.25) is 4.79 Å². The van der Waals surface area contributed by atoms with Crippen molar-refractivity contribution in [3.63, 3.8) is 0 Å². The summed E-state index contributed by atoms with van der Waals surface area (Å²) in [6, 6.07) is 13.4. The zero-order valence-electron chi connectivity index (χ0n) is 19.6. The van der Waals surface area contributed by atoms with Gasteiger partial charge in [0, 0.05) is 30.7 Å². The molecule has 1 aromatic heterocycles. The molecule has 9 nitrogen and oxygen atoms in total. The molecule has 35 heavy (non-hydrogen) atoms. The fraction of sp³-hybridized carbons (Fsp3) is 0.375. The summed E-state index contributed by atoms with van der Waals surface area (Å²) in [4.78, 5) is 19.2. The van der Waals surface area contributed by atoms with Crippen LogP contribution in [0.25, 0.3) is 11.4 Å². The maximum absolute atomic E-state index is 13.1. The van der Waals surface area contributed by atoms with E-state index in [1.165, 1.54) is 21.3 Å². The zero-order valence-corrected chi connectivity index (χ0v) is 21.1. The molecule has 1 aliphatic rings. The van der Waals surface area contributed by atoms with Gasteiger partial charge in [-0.2, -0.15) is 9.29 Å². The molecule has 1 saturated heterocycles. The van der Waals surface area contributed by atoms with Crippen LogP contribution < -0.4 is 4.74 Å². The van der Waals surface area contributed by atoms with E-state index in [0.717, 1.165) is 11.3 Å². The molecule has 0 spiro atoms. The van der Waals surface area contributed by atoms with Crippen molar-refractivity contribution in [3.8, 4) is 17.1 Å². The Morgan fingerprint density at radius 3 is 2.60 bits per heavy atom. The lowest BCUT2D eigenvalue weighted by Gasteiger charge is -2.33. The van der Waals surface area contributed by atoms with Crippen molar-refractivity contribution < 1.29 is 22.5 Å². The minimum absolute atomic E-state index is 0.120. The first-order chi connectivity index (χ1) is 16.8. The van der Waals surface area contributed by atoms with Gasteiger partial charge in [-0.25, -0.2) is 8.42 Å². The molecule has 0 radical (unpaired) electrons. The molecule has 2 heterocycles. The van der Waals surface area contributed by atoms with E-state index in [2.05, 4.69) is 10.1 Å². The highest BCUT2D eigenvalue weighted by Crippen LogP contribution is 2.26. The molecule has 3 aromatic rings. The van der Waals surface area contributed by atoms with Crippen molar-refractivity contribution in [2.45, 2.75) is 31.2 Å². The van der Waals surface area contributed by atoms with Crippen LogP contribution in [0.1, 0.15) is 25.7 Å². The minimum atomic E-state index is -3.71. The number of carbonyl (C=O) groups is 1. The Kier molecular flexibility index (Phi) is 7.73. The summed E-state index contributed by atoms with van der Waals surface area (Å²) in [7, 11) is -2.06. The molecule has 0 aliphatic carbocycles. The fourth-order valence-electron chi connectivity index (χ4n) is 4.01. The second-order valence-corrected chi connectivity index (χ2v) is 10.7. The molecular weight excluding hydrogens is 492 g/mol. The summed E-state index contributed by atoms with van der Waals surface area (Å²) in [6.07, 6.45) is 1.20. The lowest BCUT2D eigenvalue weighted by atomic mass is 9.98. The summed E-state index contributed by atoms with van der Waals surface area (Å²) in [5.41, 5.74) is 0.771. The van der Waals surface area contributed by atoms with Gasteiger partial charge in [-0.05, 0) is 68.3 Å². The number of amides is 1. The van der Waals surface area contributed by atoms with E-state index in [1.54, 1.807) is 19.2 Å². The normalized spacial score (nSPS) is 16.7. The number of hydrogen-bond acceptors (Lipinski definition) is 7. The SMILES string of the molecule is CCOc1ccc(-c2noc(CN(C)C(=O)[C@@H]3CCCN(S(=O)(=O)c4ccc(Cl)cc4)C3)n2)cc1. The molecule has 4 rings (SSSR count). The Balaban J connectivity index is 1.39. The van der Waals surface area contributed by atoms with Gasteiger partial charge in [0.05, 0.1) is 24.0 Å². The summed E-state index contributed by atoms with van der Waals surface area (Å²) in [6.45, 7) is 3.12. The lowest BCUT2D eigenvalue weighted by molar-refractivity contribution is -0.136. The van der Waals surface area contributed by atoms with E-state index in [-0.39, 0.29) is 23.9 Å². The topological polar surface area (TPSA) is 106 Å². The smallest absolute Gasteiger partial charge is 0.246 e. The predicted molar refractivity (Wildman–Crippen MR) is 130 cm³/mol. The van der Waals surface area contributed by atoms with E-state index in [0.29, 0.717) is 42.7 Å². The average molecular weight is 519 g/mol. The van der Waals surface area contributed by atoms with E-state index in [1.807, 2.05) is 31.2 Å². The number of carbonyl (C=O) groups excluding carboxylic acids is 1. The van der Waals surface area contributed by atoms with Gasteiger partial charge < -0.3 is 14.2 Å². The monoisotopic (exact) mass is 518 g/mol. The molecule has 186 valence electrons. The van der Waals surface area contributed by atoms with E-state index in [9.17, 15) is 13.2 Å². The number of hydrogen-bond donors (Lipinski definition) is 0. The van der Waals surface area contributed by atoms with Gasteiger partial charge in [0.2, 0.25) is 27.6 Å². The standard InChI is InChI=1S/C24H27ClN4O5S/c1-3-33-20-10-6-17(7-11-20)23-26-22(34-27-23)16-28(2)24(30)18-5-4-14-29(15-18)35(31,32)21-12-8-19(25)9-13-21/h6-13,18H,3-5,14-16H2,1-2H3/t18-/m1/s1. The molecule has 0 saturated carbocycles. The van der Waals surface area contributed by atoms with Crippen LogP contribution in [-0.4, -0.2) is 60.4 Å². The van der Waals surface area contributed by atoms with Crippen LogP contribution in [0.3, 0.4) is 0 Å². The number of rotatable bonds is 8. The number of halogens is 1. The highest BCUT2D eigenvalue weighted by atomic mass is 35.5. The number of ether oxygens (including phenoxy) is 1. The van der Waals surface area contributed by atoms with Crippen molar-refractivity contribution >= 4 is 27.5 Å². The van der Waals surface area contributed by atoms with Gasteiger partial charge in [0.1, 0.15) is 5.75 Å². The van der Waals surface area contributed by atoms with Crippen molar-refractivity contribution in [2.75, 3.05) is 26.7 Å². The van der Waals surface area contributed by atoms with Crippen LogP contribution in [0, 0.1) is 5.92 Å². The zero-order chi connectivity index (χ0) is 25.0. The van der Waals surface area contributed by atoms with Crippen LogP contribution in [0.15, 0.2) is 57.9 Å². The number of nitrogens with zero attached hydrogens (tertiary/aromatic N) is 4. The molecule has 0 unspecified atom stereocenters. The van der Waals surface area contributed by atoms with Gasteiger partial charge in [0.25, 0.3) is 0 Å². The van der Waals surface area contributed by atoms with Crippen molar-refractivity contribution in [1.82, 2.24) is 19.3 Å². The van der Waals surface area contributed by atoms with Gasteiger partial charge >= 0.3 is 0 Å². The first-order valence-electron chi connectivity index (χ1n) is 11.3. The Morgan fingerprint density at radius 2 is 1.91 bits per heavy atom. The maximum atomic E-state index is 13.1. The third kappa shape index (κ3) is 5.83. The molecular formula is C24H27ClN4O5S. The quantitative estimate of drug-likeness (QED) is 0.446. The predicted octanol–water partition coefficient (Wildman–Crippen LogP) is 3.85. The molecule has 1 fully saturated rings. The summed E-state index contributed by atoms with van der Waals surface area (Å²) in [5.74, 6) is 0.851. The van der Waals surface area contributed by atoms with E-state index in [4.69, 9.17) is 20.9 Å². The van der Waals surface area contributed by atoms with Crippen LogP contribution in [0.2, 0.25) is 5.02 Å². The largest absolute Gasteiger partial charge is 0.494 e. The number of piperidine rings is 1. The van der Waals surface area contributed by atoms with Crippen molar-refractivity contribution in [3.05, 3.63) is 59.4 Å². The molecule has 1 amide bonds. The molecule has 0 bridgehead atoms. The number of sulfonamides is 1. The lowest BCUT2D eigenvalue weighted by Crippen LogP contribution is -2.45. The summed E-state index contributed by atoms with van der Waals surface area (Å²) in [5, 5.41) is 4.47. The van der Waals surface area contributed by atoms with E-state index < -0.39 is 15.9 Å². The Labute approximate surface area is 209 Å². The summed E-state index contributed by atoms with van der Waals surface area (Å²) < 4.78 is 38.2. The van der Waals surface area contributed by atoms with Gasteiger partial charge in [0.15, 0.2) is 0 Å². The van der Waals surface area contributed by atoms with Gasteiger partial charge in [-0.15, -0.1) is 0 Å². The minimum Gasteiger partial charge on any atom is -0.494 e. The van der Waals surface area contributed by atoms with Crippen LogP contribution in [0.4, 0.5) is 0 Å². The number of benzene rings is 2. The molecule has 11 heteroatoms. The molecule has 2 aromatic carbocycles. The number of aromatic nitrogens is 2. The Hall–Kier alpha value is -2.95. The Bertz CT molecular complexity index is 1260. The highest BCUT2D eigenvalue weighted by molar-refractivity contribution is 7.89. The van der Waals surface area contributed by atoms with Crippen molar-refractivity contribution in [2.24, 2.45) is 5.92 Å². The highest BCUT2D eigenvalue weighted by Gasteiger charge is 2.34. The second kappa shape index (κ2) is 10.8. The average Bonchev–Trinajstić information content (AvgIpc) is 3.33. The van der Waals surface area contributed by atoms with E-state index >= 15 is 0 Å². The van der Waals surface area contributed by atoms with Crippen molar-refractivity contribution in [1.29, 1.82) is 0 Å². The summed E-state index contributed by atoms with van der Waals surface area (Å²) >= 11 is 5.89. The first-order valence-corrected chi connectivity index (χ1v) is 13.2. The van der Waals surface area contributed by atoms with Crippen LogP contribution in [-0.2, 0) is 21.4 Å².